The van der Waals surface area contributed by atoms with Crippen LogP contribution in [0.1, 0.15) is 50.1 Å². The number of hydrogen-bond donors (Lipinski definition) is 1. The first-order valence-electron chi connectivity index (χ1n) is 8.35. The number of aryl methyl sites for hydroxylation is 1. The van der Waals surface area contributed by atoms with Crippen LogP contribution in [-0.4, -0.2) is 24.0 Å². The Morgan fingerprint density at radius 2 is 2.04 bits per heavy atom. The molecule has 1 heterocycles. The summed E-state index contributed by atoms with van der Waals surface area (Å²) in [7, 11) is -3.26. The van der Waals surface area contributed by atoms with Gasteiger partial charge in [0.1, 0.15) is 0 Å². The molecule has 0 fully saturated rings. The molecule has 130 valence electrons. The van der Waals surface area contributed by atoms with Crippen molar-refractivity contribution in [3.05, 3.63) is 47.3 Å². The van der Waals surface area contributed by atoms with Crippen molar-refractivity contribution >= 4 is 10.0 Å². The number of para-hydroxylation sites is 1. The number of nitrogens with one attached hydrogen (secondary N) is 1. The number of rotatable bonds is 4. The van der Waals surface area contributed by atoms with E-state index in [9.17, 15) is 8.42 Å². The fourth-order valence-corrected chi connectivity index (χ4v) is 4.27. The zero-order valence-corrected chi connectivity index (χ0v) is 15.5. The van der Waals surface area contributed by atoms with Crippen LogP contribution >= 0.6 is 0 Å². The van der Waals surface area contributed by atoms with Gasteiger partial charge in [0.05, 0.1) is 23.7 Å². The van der Waals surface area contributed by atoms with Crippen LogP contribution in [0.15, 0.2) is 30.5 Å². The largest absolute Gasteiger partial charge is 0.237 e. The third-order valence-electron chi connectivity index (χ3n) is 4.72. The summed E-state index contributed by atoms with van der Waals surface area (Å²) in [5, 5.41) is 4.58. The minimum absolute atomic E-state index is 0.00833. The average molecular weight is 347 g/mol. The van der Waals surface area contributed by atoms with Crippen molar-refractivity contribution in [2.24, 2.45) is 5.41 Å². The van der Waals surface area contributed by atoms with Crippen LogP contribution in [0.3, 0.4) is 0 Å². The zero-order chi connectivity index (χ0) is 17.5. The van der Waals surface area contributed by atoms with Gasteiger partial charge in [0.15, 0.2) is 0 Å². The minimum atomic E-state index is -3.26. The van der Waals surface area contributed by atoms with Crippen molar-refractivity contribution < 1.29 is 8.42 Å². The molecule has 3 rings (SSSR count). The van der Waals surface area contributed by atoms with Crippen molar-refractivity contribution in [2.75, 3.05) is 5.75 Å². The van der Waals surface area contributed by atoms with E-state index in [1.165, 1.54) is 0 Å². The highest BCUT2D eigenvalue weighted by Gasteiger charge is 2.36. The lowest BCUT2D eigenvalue weighted by atomic mass is 9.74. The van der Waals surface area contributed by atoms with Gasteiger partial charge >= 0.3 is 0 Å². The van der Waals surface area contributed by atoms with Gasteiger partial charge < -0.3 is 0 Å². The van der Waals surface area contributed by atoms with E-state index in [1.54, 1.807) is 6.92 Å². The second kappa shape index (κ2) is 6.01. The molecule has 0 spiro atoms. The molecule has 0 saturated carbocycles. The molecule has 1 aliphatic carbocycles. The summed E-state index contributed by atoms with van der Waals surface area (Å²) in [5.41, 5.74) is 4.30. The Kier molecular flexibility index (Phi) is 4.30. The van der Waals surface area contributed by atoms with Gasteiger partial charge in [-0.3, -0.25) is 0 Å². The molecule has 1 unspecified atom stereocenters. The molecule has 2 aromatic rings. The van der Waals surface area contributed by atoms with Crippen molar-refractivity contribution in [1.29, 1.82) is 0 Å². The molecular formula is C18H25N3O2S. The summed E-state index contributed by atoms with van der Waals surface area (Å²) in [6.07, 6.45) is 3.47. The molecule has 1 aliphatic rings. The topological polar surface area (TPSA) is 64.0 Å². The Bertz CT molecular complexity index is 853. The van der Waals surface area contributed by atoms with Crippen LogP contribution in [0.4, 0.5) is 0 Å². The Morgan fingerprint density at radius 3 is 2.71 bits per heavy atom. The molecule has 1 aromatic heterocycles. The highest BCUT2D eigenvalue weighted by Crippen LogP contribution is 2.41. The standard InChI is InChI=1S/C18H25N3O2S/c1-5-24(22,23)20-15-10-18(3,4)11-17-14(15)12-19-21(17)16-9-7-6-8-13(16)2/h6-9,12,15,20H,5,10-11H2,1-4H3. The second-order valence-corrected chi connectivity index (χ2v) is 9.41. The van der Waals surface area contributed by atoms with Gasteiger partial charge in [0.2, 0.25) is 10.0 Å². The summed E-state index contributed by atoms with van der Waals surface area (Å²) in [6.45, 7) is 8.08. The summed E-state index contributed by atoms with van der Waals surface area (Å²) in [5.74, 6) is 0.0885. The van der Waals surface area contributed by atoms with E-state index in [0.717, 1.165) is 35.3 Å². The zero-order valence-electron chi connectivity index (χ0n) is 14.7. The second-order valence-electron chi connectivity index (χ2n) is 7.36. The summed E-state index contributed by atoms with van der Waals surface area (Å²) in [6, 6.07) is 7.91. The maximum absolute atomic E-state index is 12.1. The van der Waals surface area contributed by atoms with Gasteiger partial charge in [-0.1, -0.05) is 32.0 Å². The van der Waals surface area contributed by atoms with Gasteiger partial charge in [-0.15, -0.1) is 0 Å². The first-order valence-corrected chi connectivity index (χ1v) is 10.0. The third-order valence-corrected chi connectivity index (χ3v) is 6.13. The van der Waals surface area contributed by atoms with Crippen LogP contribution in [0.25, 0.3) is 5.69 Å². The van der Waals surface area contributed by atoms with Crippen molar-refractivity contribution in [3.63, 3.8) is 0 Å². The molecule has 1 atom stereocenters. The smallest absolute Gasteiger partial charge is 0.211 e. The first kappa shape index (κ1) is 17.2. The Labute approximate surface area is 144 Å². The lowest BCUT2D eigenvalue weighted by molar-refractivity contribution is 0.268. The fraction of sp³-hybridized carbons (Fsp3) is 0.500. The highest BCUT2D eigenvalue weighted by molar-refractivity contribution is 7.89. The molecule has 5 nitrogen and oxygen atoms in total. The first-order chi connectivity index (χ1) is 11.2. The molecule has 0 bridgehead atoms. The van der Waals surface area contributed by atoms with Crippen LogP contribution in [-0.2, 0) is 16.4 Å². The van der Waals surface area contributed by atoms with E-state index < -0.39 is 10.0 Å². The molecule has 0 amide bonds. The summed E-state index contributed by atoms with van der Waals surface area (Å²) >= 11 is 0. The highest BCUT2D eigenvalue weighted by atomic mass is 32.2. The van der Waals surface area contributed by atoms with E-state index in [0.29, 0.717) is 0 Å². The van der Waals surface area contributed by atoms with Crippen LogP contribution < -0.4 is 4.72 Å². The van der Waals surface area contributed by atoms with Crippen molar-refractivity contribution in [3.8, 4) is 5.69 Å². The molecule has 0 radical (unpaired) electrons. The maximum atomic E-state index is 12.1. The average Bonchev–Trinajstić information content (AvgIpc) is 2.90. The monoisotopic (exact) mass is 347 g/mol. The molecule has 1 aromatic carbocycles. The number of fused-ring (bicyclic) bond motifs is 1. The van der Waals surface area contributed by atoms with E-state index in [2.05, 4.69) is 42.7 Å². The number of aromatic nitrogens is 2. The minimum Gasteiger partial charge on any atom is -0.237 e. The summed E-state index contributed by atoms with van der Waals surface area (Å²) in [4.78, 5) is 0. The van der Waals surface area contributed by atoms with Crippen LogP contribution in [0.2, 0.25) is 0 Å². The molecular weight excluding hydrogens is 322 g/mol. The van der Waals surface area contributed by atoms with Crippen LogP contribution in [0.5, 0.6) is 0 Å². The number of nitrogens with zero attached hydrogens (tertiary/aromatic N) is 2. The number of sulfonamides is 1. The van der Waals surface area contributed by atoms with E-state index in [1.807, 2.05) is 23.0 Å². The molecule has 6 heteroatoms. The van der Waals surface area contributed by atoms with E-state index in [-0.39, 0.29) is 17.2 Å². The predicted octanol–water partition coefficient (Wildman–Crippen LogP) is 3.13. The van der Waals surface area contributed by atoms with E-state index >= 15 is 0 Å². The van der Waals surface area contributed by atoms with Gasteiger partial charge in [0.25, 0.3) is 0 Å². The molecule has 24 heavy (non-hydrogen) atoms. The fourth-order valence-electron chi connectivity index (χ4n) is 3.46. The number of benzene rings is 1. The quantitative estimate of drug-likeness (QED) is 0.924. The predicted molar refractivity (Wildman–Crippen MR) is 95.7 cm³/mol. The van der Waals surface area contributed by atoms with Crippen molar-refractivity contribution in [2.45, 2.75) is 46.6 Å². The summed E-state index contributed by atoms with van der Waals surface area (Å²) < 4.78 is 29.0. The van der Waals surface area contributed by atoms with Gasteiger partial charge in [-0.05, 0) is 43.7 Å². The SMILES string of the molecule is CCS(=O)(=O)NC1CC(C)(C)Cc2c1cnn2-c1ccccc1C. The lowest BCUT2D eigenvalue weighted by Gasteiger charge is -2.35. The molecule has 0 saturated heterocycles. The Hall–Kier alpha value is -1.66. The molecule has 1 N–H and O–H groups in total. The molecule has 0 aliphatic heterocycles. The van der Waals surface area contributed by atoms with Gasteiger partial charge in [0, 0.05) is 11.3 Å². The normalized spacial score (nSPS) is 19.9. The lowest BCUT2D eigenvalue weighted by Crippen LogP contribution is -2.37. The van der Waals surface area contributed by atoms with Crippen LogP contribution in [0, 0.1) is 12.3 Å². The third kappa shape index (κ3) is 3.26. The Balaban J connectivity index is 2.08. The number of hydrogen-bond acceptors (Lipinski definition) is 3. The van der Waals surface area contributed by atoms with Gasteiger partial charge in [-0.2, -0.15) is 5.10 Å². The van der Waals surface area contributed by atoms with E-state index in [4.69, 9.17) is 0 Å². The van der Waals surface area contributed by atoms with Gasteiger partial charge in [-0.25, -0.2) is 17.8 Å². The maximum Gasteiger partial charge on any atom is 0.211 e. The van der Waals surface area contributed by atoms with Crippen molar-refractivity contribution in [1.82, 2.24) is 14.5 Å². The Morgan fingerprint density at radius 1 is 1.33 bits per heavy atom.